The third-order valence-corrected chi connectivity index (χ3v) is 6.97. The average Bonchev–Trinajstić information content (AvgIpc) is 3.29. The third kappa shape index (κ3) is 2.09. The van der Waals surface area contributed by atoms with E-state index in [1.54, 1.807) is 0 Å². The summed E-state index contributed by atoms with van der Waals surface area (Å²) in [5.74, 6) is 2.37. The second kappa shape index (κ2) is 4.16. The van der Waals surface area contributed by atoms with Crippen molar-refractivity contribution in [3.05, 3.63) is 0 Å². The molecule has 4 aliphatic rings. The van der Waals surface area contributed by atoms with Crippen LogP contribution in [-0.2, 0) is 0 Å². The van der Waals surface area contributed by atoms with Crippen LogP contribution in [0.1, 0.15) is 51.4 Å². The molecule has 0 radical (unpaired) electrons. The molecule has 18 heavy (non-hydrogen) atoms. The van der Waals surface area contributed by atoms with Gasteiger partial charge in [-0.1, -0.05) is 24.6 Å². The van der Waals surface area contributed by atoms with E-state index in [1.807, 2.05) is 11.8 Å². The predicted octanol–water partition coefficient (Wildman–Crippen LogP) is 3.43. The van der Waals surface area contributed by atoms with Crippen molar-refractivity contribution >= 4 is 16.9 Å². The van der Waals surface area contributed by atoms with Crippen molar-refractivity contribution in [2.45, 2.75) is 51.4 Å². The van der Waals surface area contributed by atoms with Crippen molar-refractivity contribution in [2.75, 3.05) is 18.8 Å². The maximum Gasteiger partial charge on any atom is 0.156 e. The lowest BCUT2D eigenvalue weighted by molar-refractivity contribution is 0.357. The number of hydrogen-bond acceptors (Lipinski definition) is 3. The van der Waals surface area contributed by atoms with Crippen LogP contribution in [0.2, 0.25) is 0 Å². The van der Waals surface area contributed by atoms with Gasteiger partial charge in [-0.15, -0.1) is 0 Å². The largest absolute Gasteiger partial charge is 0.364 e. The van der Waals surface area contributed by atoms with Crippen LogP contribution in [0.15, 0.2) is 4.99 Å². The predicted molar refractivity (Wildman–Crippen MR) is 78.1 cm³/mol. The number of aliphatic imine (C=N–C) groups is 1. The molecule has 0 saturated heterocycles. The number of hydrogen-bond donors (Lipinski definition) is 1. The van der Waals surface area contributed by atoms with Crippen molar-refractivity contribution < 1.29 is 0 Å². The highest BCUT2D eigenvalue weighted by Gasteiger charge is 2.53. The minimum atomic E-state index is 0.587. The van der Waals surface area contributed by atoms with Gasteiger partial charge in [-0.2, -0.15) is 0 Å². The Morgan fingerprint density at radius 2 is 1.94 bits per heavy atom. The van der Waals surface area contributed by atoms with Gasteiger partial charge in [-0.3, -0.25) is 4.99 Å². The first-order valence-electron chi connectivity index (χ1n) is 7.72. The number of nitrogens with one attached hydrogen (secondary N) is 1. The zero-order valence-electron chi connectivity index (χ0n) is 11.2. The summed E-state index contributed by atoms with van der Waals surface area (Å²) in [6.45, 7) is 2.30. The molecule has 0 aromatic carbocycles. The Morgan fingerprint density at radius 3 is 2.50 bits per heavy atom. The van der Waals surface area contributed by atoms with E-state index in [-0.39, 0.29) is 0 Å². The minimum absolute atomic E-state index is 0.587. The third-order valence-electron chi connectivity index (χ3n) is 5.66. The monoisotopic (exact) mass is 264 g/mol. The van der Waals surface area contributed by atoms with Crippen LogP contribution in [0.4, 0.5) is 0 Å². The minimum Gasteiger partial charge on any atom is -0.364 e. The van der Waals surface area contributed by atoms with Gasteiger partial charge in [-0.25, -0.2) is 0 Å². The molecule has 0 bridgehead atoms. The van der Waals surface area contributed by atoms with Crippen molar-refractivity contribution in [3.63, 3.8) is 0 Å². The van der Waals surface area contributed by atoms with Gasteiger partial charge in [0, 0.05) is 18.8 Å². The molecular formula is C15H24N2S. The molecule has 1 aliphatic heterocycles. The Balaban J connectivity index is 1.32. The maximum absolute atomic E-state index is 4.84. The van der Waals surface area contributed by atoms with Gasteiger partial charge in [0.1, 0.15) is 0 Å². The molecule has 1 N–H and O–H groups in total. The summed E-state index contributed by atoms with van der Waals surface area (Å²) in [5, 5.41) is 4.91. The molecule has 3 saturated carbocycles. The van der Waals surface area contributed by atoms with Crippen LogP contribution in [0, 0.1) is 16.7 Å². The van der Waals surface area contributed by atoms with E-state index >= 15 is 0 Å². The summed E-state index contributed by atoms with van der Waals surface area (Å²) in [6.07, 6.45) is 11.6. The van der Waals surface area contributed by atoms with Gasteiger partial charge >= 0.3 is 0 Å². The van der Waals surface area contributed by atoms with Gasteiger partial charge in [-0.05, 0) is 55.3 Å². The summed E-state index contributed by atoms with van der Waals surface area (Å²) in [7, 11) is 0. The van der Waals surface area contributed by atoms with Gasteiger partial charge in [0.25, 0.3) is 0 Å². The molecule has 1 heterocycles. The summed E-state index contributed by atoms with van der Waals surface area (Å²) in [6, 6.07) is 0. The van der Waals surface area contributed by atoms with E-state index in [0.717, 1.165) is 12.5 Å². The lowest BCUT2D eigenvalue weighted by Gasteiger charge is -2.31. The molecule has 0 atom stereocenters. The summed E-state index contributed by atoms with van der Waals surface area (Å²) >= 11 is 2.00. The van der Waals surface area contributed by atoms with Crippen LogP contribution < -0.4 is 5.32 Å². The molecular weight excluding hydrogens is 240 g/mol. The van der Waals surface area contributed by atoms with Crippen LogP contribution in [0.25, 0.3) is 0 Å². The molecule has 2 nitrogen and oxygen atoms in total. The van der Waals surface area contributed by atoms with E-state index in [0.29, 0.717) is 10.8 Å². The highest BCUT2D eigenvalue weighted by Crippen LogP contribution is 2.60. The van der Waals surface area contributed by atoms with Crippen molar-refractivity contribution in [1.82, 2.24) is 5.32 Å². The van der Waals surface area contributed by atoms with E-state index in [1.165, 1.54) is 68.8 Å². The molecule has 3 aliphatic carbocycles. The van der Waals surface area contributed by atoms with Gasteiger partial charge in [0.15, 0.2) is 5.17 Å². The lowest BCUT2D eigenvalue weighted by atomic mass is 9.89. The molecule has 4 rings (SSSR count). The first-order chi connectivity index (χ1) is 8.80. The van der Waals surface area contributed by atoms with Crippen LogP contribution in [-0.4, -0.2) is 24.0 Å². The Kier molecular flexibility index (Phi) is 2.69. The fourth-order valence-corrected chi connectivity index (χ4v) is 5.08. The zero-order chi connectivity index (χ0) is 12.1. The van der Waals surface area contributed by atoms with Crippen molar-refractivity contribution in [3.8, 4) is 0 Å². The molecule has 1 spiro atoms. The van der Waals surface area contributed by atoms with Gasteiger partial charge in [0.2, 0.25) is 0 Å². The highest BCUT2D eigenvalue weighted by molar-refractivity contribution is 8.13. The zero-order valence-corrected chi connectivity index (χ0v) is 12.0. The Morgan fingerprint density at radius 1 is 1.17 bits per heavy atom. The first-order valence-corrected chi connectivity index (χ1v) is 8.70. The van der Waals surface area contributed by atoms with Crippen LogP contribution >= 0.6 is 11.8 Å². The number of nitrogens with zero attached hydrogens (tertiary/aromatic N) is 1. The molecule has 0 amide bonds. The fourth-order valence-electron chi connectivity index (χ4n) is 3.92. The number of amidine groups is 1. The molecule has 3 fully saturated rings. The Bertz CT molecular complexity index is 363. The molecule has 0 aromatic rings. The molecule has 100 valence electrons. The molecule has 0 unspecified atom stereocenters. The van der Waals surface area contributed by atoms with E-state index in [2.05, 4.69) is 5.32 Å². The van der Waals surface area contributed by atoms with Crippen molar-refractivity contribution in [1.29, 1.82) is 0 Å². The normalized spacial score (nSPS) is 32.3. The van der Waals surface area contributed by atoms with E-state index in [4.69, 9.17) is 4.99 Å². The van der Waals surface area contributed by atoms with E-state index < -0.39 is 0 Å². The fraction of sp³-hybridized carbons (Fsp3) is 0.933. The smallest absolute Gasteiger partial charge is 0.156 e. The lowest BCUT2D eigenvalue weighted by Crippen LogP contribution is -2.36. The van der Waals surface area contributed by atoms with Crippen LogP contribution in [0.5, 0.6) is 0 Å². The summed E-state index contributed by atoms with van der Waals surface area (Å²) < 4.78 is 0. The van der Waals surface area contributed by atoms with Crippen LogP contribution in [0.3, 0.4) is 0 Å². The Labute approximate surface area is 114 Å². The number of thioether (sulfide) groups is 1. The van der Waals surface area contributed by atoms with Gasteiger partial charge < -0.3 is 5.32 Å². The SMILES string of the molecule is C1CCC2(C1)CN=C(NCC1(C3CC3)CC1)SC2. The maximum atomic E-state index is 4.84. The average molecular weight is 264 g/mol. The summed E-state index contributed by atoms with van der Waals surface area (Å²) in [5.41, 5.74) is 1.29. The topological polar surface area (TPSA) is 24.4 Å². The Hall–Kier alpha value is -0.180. The van der Waals surface area contributed by atoms with Gasteiger partial charge in [0.05, 0.1) is 0 Å². The highest BCUT2D eigenvalue weighted by atomic mass is 32.2. The molecule has 0 aromatic heterocycles. The summed E-state index contributed by atoms with van der Waals surface area (Å²) in [4.78, 5) is 4.84. The second-order valence-corrected chi connectivity index (χ2v) is 8.07. The van der Waals surface area contributed by atoms with E-state index in [9.17, 15) is 0 Å². The second-order valence-electron chi connectivity index (χ2n) is 7.11. The van der Waals surface area contributed by atoms with Crippen molar-refractivity contribution in [2.24, 2.45) is 21.7 Å². The molecule has 3 heteroatoms. The standard InChI is InChI=1S/C15H24N2S/c1-2-6-14(5-1)9-16-13(18-11-14)17-10-15(7-8-15)12-3-4-12/h12H,1-11H2,(H,16,17). The first kappa shape index (κ1) is 11.6. The number of rotatable bonds is 3. The quantitative estimate of drug-likeness (QED) is 0.844.